The Kier molecular flexibility index (Phi) is 4.28. The molecule has 0 aromatic heterocycles. The highest BCUT2D eigenvalue weighted by Gasteiger charge is 2.31. The van der Waals surface area contributed by atoms with E-state index in [1.807, 2.05) is 0 Å². The van der Waals surface area contributed by atoms with Gasteiger partial charge in [0.15, 0.2) is 0 Å². The van der Waals surface area contributed by atoms with Crippen LogP contribution < -0.4 is 0 Å². The first-order chi connectivity index (χ1) is 7.31. The monoisotopic (exact) mass is 251 g/mol. The molecule has 1 aliphatic carbocycles. The number of nitrogens with zero attached hydrogens (tertiary/aromatic N) is 1. The SMILES string of the molecule is CN(CC1CC(O)C1)S(=O)(=O)CCC(=O)O. The number of aliphatic hydroxyl groups is 1. The summed E-state index contributed by atoms with van der Waals surface area (Å²) in [5.74, 6) is -1.29. The van der Waals surface area contributed by atoms with Gasteiger partial charge in [0, 0.05) is 13.6 Å². The molecule has 2 N–H and O–H groups in total. The van der Waals surface area contributed by atoms with Gasteiger partial charge >= 0.3 is 5.97 Å². The molecule has 1 saturated carbocycles. The predicted octanol–water partition coefficient (Wildman–Crippen LogP) is -0.506. The Bertz CT molecular complexity index is 347. The number of carbonyl (C=O) groups is 1. The second-order valence-corrected chi connectivity index (χ2v) is 6.43. The molecule has 1 aliphatic rings. The number of aliphatic carboxylic acids is 1. The molecule has 0 aromatic rings. The lowest BCUT2D eigenvalue weighted by Crippen LogP contribution is -2.40. The van der Waals surface area contributed by atoms with Crippen LogP contribution in [0.4, 0.5) is 0 Å². The number of carboxylic acids is 1. The molecule has 94 valence electrons. The molecule has 0 saturated heterocycles. The van der Waals surface area contributed by atoms with Gasteiger partial charge < -0.3 is 10.2 Å². The predicted molar refractivity (Wildman–Crippen MR) is 57.4 cm³/mol. The van der Waals surface area contributed by atoms with Crippen molar-refractivity contribution in [3.63, 3.8) is 0 Å². The summed E-state index contributed by atoms with van der Waals surface area (Å²) in [4.78, 5) is 10.3. The number of sulfonamides is 1. The van der Waals surface area contributed by atoms with Crippen LogP contribution in [0, 0.1) is 5.92 Å². The summed E-state index contributed by atoms with van der Waals surface area (Å²) < 4.78 is 24.4. The normalized spacial score (nSPS) is 25.4. The molecule has 0 spiro atoms. The van der Waals surface area contributed by atoms with E-state index < -0.39 is 16.0 Å². The highest BCUT2D eigenvalue weighted by Crippen LogP contribution is 2.28. The minimum absolute atomic E-state index is 0.194. The maximum atomic E-state index is 11.6. The van der Waals surface area contributed by atoms with Crippen molar-refractivity contribution in [2.45, 2.75) is 25.4 Å². The van der Waals surface area contributed by atoms with Crippen LogP contribution in [0.2, 0.25) is 0 Å². The van der Waals surface area contributed by atoms with E-state index in [4.69, 9.17) is 10.2 Å². The van der Waals surface area contributed by atoms with Crippen LogP contribution >= 0.6 is 0 Å². The van der Waals surface area contributed by atoms with Crippen molar-refractivity contribution >= 4 is 16.0 Å². The van der Waals surface area contributed by atoms with E-state index in [1.165, 1.54) is 11.4 Å². The average molecular weight is 251 g/mol. The Balaban J connectivity index is 2.39. The lowest BCUT2D eigenvalue weighted by atomic mass is 9.82. The molecular formula is C9H17NO5S. The Hall–Kier alpha value is -0.660. The lowest BCUT2D eigenvalue weighted by Gasteiger charge is -2.34. The summed E-state index contributed by atoms with van der Waals surface area (Å²) in [6.45, 7) is 0.360. The second kappa shape index (κ2) is 5.11. The van der Waals surface area contributed by atoms with Gasteiger partial charge in [-0.1, -0.05) is 0 Å². The maximum absolute atomic E-state index is 11.6. The van der Waals surface area contributed by atoms with Crippen molar-refractivity contribution < 1.29 is 23.4 Å². The molecule has 0 heterocycles. The minimum atomic E-state index is -3.47. The van der Waals surface area contributed by atoms with E-state index in [0.29, 0.717) is 19.4 Å². The molecule has 7 heteroatoms. The van der Waals surface area contributed by atoms with E-state index in [-0.39, 0.29) is 24.2 Å². The van der Waals surface area contributed by atoms with E-state index >= 15 is 0 Å². The Morgan fingerprint density at radius 2 is 2.00 bits per heavy atom. The van der Waals surface area contributed by atoms with Gasteiger partial charge in [0.25, 0.3) is 0 Å². The third-order valence-corrected chi connectivity index (χ3v) is 4.59. The first kappa shape index (κ1) is 13.4. The smallest absolute Gasteiger partial charge is 0.304 e. The van der Waals surface area contributed by atoms with E-state index in [1.54, 1.807) is 0 Å². The number of carboxylic acid groups (broad SMARTS) is 1. The van der Waals surface area contributed by atoms with Gasteiger partial charge in [-0.3, -0.25) is 4.79 Å². The molecular weight excluding hydrogens is 234 g/mol. The summed E-state index contributed by atoms with van der Waals surface area (Å²) in [6, 6.07) is 0. The number of aliphatic hydroxyl groups excluding tert-OH is 1. The summed E-state index contributed by atoms with van der Waals surface area (Å²) in [6.07, 6.45) is 0.567. The fourth-order valence-corrected chi connectivity index (χ4v) is 2.88. The summed E-state index contributed by atoms with van der Waals surface area (Å²) in [7, 11) is -2.03. The van der Waals surface area contributed by atoms with E-state index in [2.05, 4.69) is 0 Å². The third kappa shape index (κ3) is 3.73. The summed E-state index contributed by atoms with van der Waals surface area (Å²) >= 11 is 0. The van der Waals surface area contributed by atoms with Crippen LogP contribution in [-0.4, -0.2) is 54.4 Å². The second-order valence-electron chi connectivity index (χ2n) is 4.23. The quantitative estimate of drug-likeness (QED) is 0.663. The molecule has 0 amide bonds. The van der Waals surface area contributed by atoms with Crippen LogP contribution in [0.5, 0.6) is 0 Å². The molecule has 0 aromatic carbocycles. The molecule has 16 heavy (non-hydrogen) atoms. The highest BCUT2D eigenvalue weighted by molar-refractivity contribution is 7.89. The van der Waals surface area contributed by atoms with Gasteiger partial charge in [0.1, 0.15) is 0 Å². The topological polar surface area (TPSA) is 94.9 Å². The fourth-order valence-electron chi connectivity index (χ4n) is 1.70. The molecule has 0 unspecified atom stereocenters. The molecule has 0 radical (unpaired) electrons. The molecule has 0 atom stereocenters. The Morgan fingerprint density at radius 1 is 1.44 bits per heavy atom. The van der Waals surface area contributed by atoms with Crippen LogP contribution in [0.1, 0.15) is 19.3 Å². The molecule has 0 bridgehead atoms. The molecule has 1 fully saturated rings. The highest BCUT2D eigenvalue weighted by atomic mass is 32.2. The van der Waals surface area contributed by atoms with Gasteiger partial charge in [0.2, 0.25) is 10.0 Å². The number of hydrogen-bond acceptors (Lipinski definition) is 4. The molecule has 6 nitrogen and oxygen atoms in total. The standard InChI is InChI=1S/C9H17NO5S/c1-10(6-7-4-8(11)5-7)16(14,15)3-2-9(12)13/h7-8,11H,2-6H2,1H3,(H,12,13). The van der Waals surface area contributed by atoms with Gasteiger partial charge in [-0.15, -0.1) is 0 Å². The van der Waals surface area contributed by atoms with Gasteiger partial charge in [-0.2, -0.15) is 0 Å². The van der Waals surface area contributed by atoms with Crippen molar-refractivity contribution in [3.8, 4) is 0 Å². The van der Waals surface area contributed by atoms with Crippen molar-refractivity contribution in [2.24, 2.45) is 5.92 Å². The summed E-state index contributed by atoms with van der Waals surface area (Å²) in [5.41, 5.74) is 0. The van der Waals surface area contributed by atoms with Gasteiger partial charge in [-0.25, -0.2) is 12.7 Å². The van der Waals surface area contributed by atoms with E-state index in [0.717, 1.165) is 0 Å². The zero-order valence-corrected chi connectivity index (χ0v) is 9.98. The van der Waals surface area contributed by atoms with Crippen molar-refractivity contribution in [1.82, 2.24) is 4.31 Å². The lowest BCUT2D eigenvalue weighted by molar-refractivity contribution is -0.136. The van der Waals surface area contributed by atoms with E-state index in [9.17, 15) is 13.2 Å². The Morgan fingerprint density at radius 3 is 2.44 bits per heavy atom. The summed E-state index contributed by atoms with van der Waals surface area (Å²) in [5, 5.41) is 17.5. The zero-order valence-electron chi connectivity index (χ0n) is 9.16. The maximum Gasteiger partial charge on any atom is 0.304 e. The first-order valence-electron chi connectivity index (χ1n) is 5.15. The van der Waals surface area contributed by atoms with Gasteiger partial charge in [-0.05, 0) is 18.8 Å². The molecule has 0 aliphatic heterocycles. The van der Waals surface area contributed by atoms with Crippen LogP contribution in [0.25, 0.3) is 0 Å². The average Bonchev–Trinajstić information content (AvgIpc) is 2.12. The largest absolute Gasteiger partial charge is 0.481 e. The number of hydrogen-bond donors (Lipinski definition) is 2. The van der Waals surface area contributed by atoms with Crippen LogP contribution in [0.15, 0.2) is 0 Å². The Labute approximate surface area is 94.9 Å². The number of rotatable bonds is 6. The fraction of sp³-hybridized carbons (Fsp3) is 0.889. The van der Waals surface area contributed by atoms with Crippen LogP contribution in [-0.2, 0) is 14.8 Å². The third-order valence-electron chi connectivity index (χ3n) is 2.77. The zero-order chi connectivity index (χ0) is 12.3. The van der Waals surface area contributed by atoms with Crippen molar-refractivity contribution in [1.29, 1.82) is 0 Å². The first-order valence-corrected chi connectivity index (χ1v) is 6.76. The van der Waals surface area contributed by atoms with Crippen LogP contribution in [0.3, 0.4) is 0 Å². The minimum Gasteiger partial charge on any atom is -0.481 e. The van der Waals surface area contributed by atoms with Crippen molar-refractivity contribution in [3.05, 3.63) is 0 Å². The van der Waals surface area contributed by atoms with Gasteiger partial charge in [0.05, 0.1) is 18.3 Å². The molecule has 1 rings (SSSR count). The van der Waals surface area contributed by atoms with Crippen molar-refractivity contribution in [2.75, 3.05) is 19.3 Å².